The Hall–Kier alpha value is -2.56. The van der Waals surface area contributed by atoms with Crippen LogP contribution < -0.4 is 10.6 Å². The van der Waals surface area contributed by atoms with Crippen molar-refractivity contribution >= 4 is 11.3 Å². The molecule has 3 heterocycles. The molecule has 22 heavy (non-hydrogen) atoms. The molecule has 0 amide bonds. The van der Waals surface area contributed by atoms with Crippen molar-refractivity contribution < 1.29 is 0 Å². The summed E-state index contributed by atoms with van der Waals surface area (Å²) in [5.41, 5.74) is 4.72. The molecule has 0 unspecified atom stereocenters. The van der Waals surface area contributed by atoms with Crippen molar-refractivity contribution in [1.82, 2.24) is 14.2 Å². The second-order valence-electron chi connectivity index (χ2n) is 5.74. The first-order valence-electron chi connectivity index (χ1n) is 7.62. The topological polar surface area (TPSA) is 42.5 Å². The zero-order valence-corrected chi connectivity index (χ0v) is 12.6. The lowest BCUT2D eigenvalue weighted by molar-refractivity contribution is 0.583. The van der Waals surface area contributed by atoms with E-state index in [1.54, 1.807) is 15.3 Å². The van der Waals surface area contributed by atoms with Gasteiger partial charge in [0.25, 0.3) is 0 Å². The highest BCUT2D eigenvalue weighted by atomic mass is 16.2. The SMILES string of the molecule is Cc1cccc2c1CCN2CCn1nc2ccccn2c1=O. The van der Waals surface area contributed by atoms with Crippen LogP contribution in [0.1, 0.15) is 11.1 Å². The van der Waals surface area contributed by atoms with Crippen LogP contribution in [0.5, 0.6) is 0 Å². The summed E-state index contributed by atoms with van der Waals surface area (Å²) in [6.45, 7) is 4.59. The maximum absolute atomic E-state index is 12.3. The molecular weight excluding hydrogens is 276 g/mol. The fourth-order valence-electron chi connectivity index (χ4n) is 3.24. The van der Waals surface area contributed by atoms with Crippen LogP contribution in [-0.2, 0) is 13.0 Å². The first-order valence-corrected chi connectivity index (χ1v) is 7.62. The minimum atomic E-state index is -0.0701. The number of hydrogen-bond donors (Lipinski definition) is 0. The van der Waals surface area contributed by atoms with Gasteiger partial charge in [-0.15, -0.1) is 5.10 Å². The van der Waals surface area contributed by atoms with Gasteiger partial charge in [0, 0.05) is 25.0 Å². The Labute approximate surface area is 128 Å². The average molecular weight is 294 g/mol. The zero-order valence-electron chi connectivity index (χ0n) is 12.6. The van der Waals surface area contributed by atoms with Crippen molar-refractivity contribution in [2.75, 3.05) is 18.0 Å². The summed E-state index contributed by atoms with van der Waals surface area (Å²) in [4.78, 5) is 14.6. The van der Waals surface area contributed by atoms with E-state index in [4.69, 9.17) is 0 Å². The van der Waals surface area contributed by atoms with Crippen LogP contribution in [0.4, 0.5) is 5.69 Å². The number of rotatable bonds is 3. The van der Waals surface area contributed by atoms with Crippen LogP contribution in [0.2, 0.25) is 0 Å². The standard InChI is InChI=1S/C17H18N4O/c1-13-5-4-6-15-14(13)8-10-19(15)11-12-21-17(22)20-9-3-2-7-16(20)18-21/h2-7,9H,8,10-12H2,1H3. The highest BCUT2D eigenvalue weighted by molar-refractivity contribution is 5.60. The fourth-order valence-corrected chi connectivity index (χ4v) is 3.24. The number of aryl methyl sites for hydroxylation is 1. The molecule has 0 atom stereocenters. The summed E-state index contributed by atoms with van der Waals surface area (Å²) < 4.78 is 3.14. The number of anilines is 1. The van der Waals surface area contributed by atoms with Gasteiger partial charge in [-0.25, -0.2) is 9.48 Å². The Kier molecular flexibility index (Phi) is 2.99. The average Bonchev–Trinajstić information content (AvgIpc) is 3.08. The van der Waals surface area contributed by atoms with Gasteiger partial charge in [0.1, 0.15) is 0 Å². The number of pyridine rings is 1. The van der Waals surface area contributed by atoms with E-state index in [1.807, 2.05) is 18.2 Å². The normalized spacial score (nSPS) is 13.8. The van der Waals surface area contributed by atoms with E-state index in [2.05, 4.69) is 35.1 Å². The third-order valence-electron chi connectivity index (χ3n) is 4.43. The highest BCUT2D eigenvalue weighted by Crippen LogP contribution is 2.29. The molecule has 2 aromatic heterocycles. The first-order chi connectivity index (χ1) is 10.7. The minimum absolute atomic E-state index is 0.0701. The van der Waals surface area contributed by atoms with Crippen LogP contribution in [0.15, 0.2) is 47.4 Å². The van der Waals surface area contributed by atoms with Gasteiger partial charge >= 0.3 is 5.69 Å². The Morgan fingerprint density at radius 2 is 2.05 bits per heavy atom. The van der Waals surface area contributed by atoms with E-state index in [1.165, 1.54) is 16.8 Å². The largest absolute Gasteiger partial charge is 0.369 e. The van der Waals surface area contributed by atoms with Crippen molar-refractivity contribution in [2.45, 2.75) is 19.9 Å². The van der Waals surface area contributed by atoms with Crippen LogP contribution in [-0.4, -0.2) is 27.3 Å². The predicted octanol–water partition coefficient (Wildman–Crippen LogP) is 1.87. The zero-order chi connectivity index (χ0) is 15.1. The Morgan fingerprint density at radius 3 is 2.91 bits per heavy atom. The quantitative estimate of drug-likeness (QED) is 0.740. The molecule has 1 aromatic carbocycles. The van der Waals surface area contributed by atoms with Gasteiger partial charge in [0.15, 0.2) is 5.65 Å². The Bertz CT molecular complexity index is 893. The molecule has 0 aliphatic carbocycles. The van der Waals surface area contributed by atoms with Crippen LogP contribution in [0.3, 0.4) is 0 Å². The molecule has 0 spiro atoms. The van der Waals surface area contributed by atoms with E-state index < -0.39 is 0 Å². The second-order valence-corrected chi connectivity index (χ2v) is 5.74. The van der Waals surface area contributed by atoms with E-state index in [0.29, 0.717) is 12.2 Å². The second kappa shape index (κ2) is 5.02. The van der Waals surface area contributed by atoms with E-state index >= 15 is 0 Å². The Balaban J connectivity index is 1.58. The van der Waals surface area contributed by atoms with Crippen molar-refractivity contribution in [3.63, 3.8) is 0 Å². The molecular formula is C17H18N4O. The van der Waals surface area contributed by atoms with Crippen molar-refractivity contribution in [2.24, 2.45) is 0 Å². The molecule has 0 bridgehead atoms. The molecule has 5 heteroatoms. The number of nitrogens with zero attached hydrogens (tertiary/aromatic N) is 4. The number of fused-ring (bicyclic) bond motifs is 2. The van der Waals surface area contributed by atoms with Crippen molar-refractivity contribution in [3.05, 3.63) is 64.2 Å². The summed E-state index contributed by atoms with van der Waals surface area (Å²) in [6.07, 6.45) is 2.84. The lowest BCUT2D eigenvalue weighted by Gasteiger charge is -2.19. The molecule has 1 aliphatic heterocycles. The van der Waals surface area contributed by atoms with Gasteiger partial charge in [-0.1, -0.05) is 18.2 Å². The van der Waals surface area contributed by atoms with Gasteiger partial charge < -0.3 is 4.90 Å². The lowest BCUT2D eigenvalue weighted by atomic mass is 10.1. The van der Waals surface area contributed by atoms with E-state index in [9.17, 15) is 4.79 Å². The summed E-state index contributed by atoms with van der Waals surface area (Å²) in [5, 5.41) is 4.39. The molecule has 3 aromatic rings. The van der Waals surface area contributed by atoms with Gasteiger partial charge in [0.2, 0.25) is 0 Å². The van der Waals surface area contributed by atoms with Crippen molar-refractivity contribution in [1.29, 1.82) is 0 Å². The van der Waals surface area contributed by atoms with E-state index in [-0.39, 0.29) is 5.69 Å². The number of aromatic nitrogens is 3. The van der Waals surface area contributed by atoms with Gasteiger partial charge in [-0.3, -0.25) is 4.40 Å². The Morgan fingerprint density at radius 1 is 1.14 bits per heavy atom. The summed E-state index contributed by atoms with van der Waals surface area (Å²) >= 11 is 0. The van der Waals surface area contributed by atoms with E-state index in [0.717, 1.165) is 19.5 Å². The monoisotopic (exact) mass is 294 g/mol. The summed E-state index contributed by atoms with van der Waals surface area (Å²) in [5.74, 6) is 0. The molecule has 5 nitrogen and oxygen atoms in total. The molecule has 1 aliphatic rings. The van der Waals surface area contributed by atoms with Gasteiger partial charge in [-0.2, -0.15) is 0 Å². The smallest absolute Gasteiger partial charge is 0.350 e. The maximum Gasteiger partial charge on any atom is 0.350 e. The van der Waals surface area contributed by atoms with Crippen LogP contribution in [0.25, 0.3) is 5.65 Å². The molecule has 0 saturated carbocycles. The first kappa shape index (κ1) is 13.1. The van der Waals surface area contributed by atoms with Crippen LogP contribution in [0, 0.1) is 6.92 Å². The van der Waals surface area contributed by atoms with Crippen LogP contribution >= 0.6 is 0 Å². The molecule has 0 fully saturated rings. The predicted molar refractivity (Wildman–Crippen MR) is 86.5 cm³/mol. The van der Waals surface area contributed by atoms with Gasteiger partial charge in [0.05, 0.1) is 6.54 Å². The lowest BCUT2D eigenvalue weighted by Crippen LogP contribution is -2.30. The summed E-state index contributed by atoms with van der Waals surface area (Å²) in [7, 11) is 0. The number of hydrogen-bond acceptors (Lipinski definition) is 3. The highest BCUT2D eigenvalue weighted by Gasteiger charge is 2.20. The minimum Gasteiger partial charge on any atom is -0.369 e. The maximum atomic E-state index is 12.3. The van der Waals surface area contributed by atoms with Crippen molar-refractivity contribution in [3.8, 4) is 0 Å². The molecule has 0 N–H and O–H groups in total. The summed E-state index contributed by atoms with van der Waals surface area (Å²) in [6, 6.07) is 12.0. The molecule has 0 saturated heterocycles. The molecule has 0 radical (unpaired) electrons. The third-order valence-corrected chi connectivity index (χ3v) is 4.43. The third kappa shape index (κ3) is 2.01. The molecule has 112 valence electrons. The van der Waals surface area contributed by atoms with Gasteiger partial charge in [-0.05, 0) is 42.7 Å². The number of benzene rings is 1. The fraction of sp³-hybridized carbons (Fsp3) is 0.294. The molecule has 4 rings (SSSR count).